The van der Waals surface area contributed by atoms with Crippen molar-refractivity contribution in [2.75, 3.05) is 17.2 Å². The van der Waals surface area contributed by atoms with Crippen molar-refractivity contribution >= 4 is 34.1 Å². The molecular weight excluding hydrogens is 325 g/mol. The van der Waals surface area contributed by atoms with Gasteiger partial charge < -0.3 is 15.4 Å². The number of halogens is 1. The lowest BCUT2D eigenvalue weighted by Gasteiger charge is -2.17. The number of hydrogen-bond acceptors (Lipinski definition) is 4. The highest BCUT2D eigenvalue weighted by Crippen LogP contribution is 2.28. The Hall–Kier alpha value is -3.48. The van der Waals surface area contributed by atoms with Crippen LogP contribution in [0.25, 0.3) is 10.8 Å². The number of aromatic nitrogens is 1. The molecule has 0 aliphatic carbocycles. The van der Waals surface area contributed by atoms with E-state index >= 15 is 0 Å². The fourth-order valence-corrected chi connectivity index (χ4v) is 2.69. The molecule has 0 spiro atoms. The van der Waals surface area contributed by atoms with Crippen LogP contribution in [-0.2, 0) is 4.79 Å². The minimum absolute atomic E-state index is 0.111. The summed E-state index contributed by atoms with van der Waals surface area (Å²) in [7, 11) is 0. The molecule has 1 aliphatic heterocycles. The predicted molar refractivity (Wildman–Crippen MR) is 90.2 cm³/mol. The Balaban J connectivity index is 1.66. The third kappa shape index (κ3) is 2.87. The molecule has 0 bridgehead atoms. The Morgan fingerprint density at radius 1 is 1.24 bits per heavy atom. The second-order valence-electron chi connectivity index (χ2n) is 5.54. The molecular formula is C18H12FN3O3. The maximum absolute atomic E-state index is 13.8. The zero-order valence-corrected chi connectivity index (χ0v) is 12.9. The van der Waals surface area contributed by atoms with Crippen molar-refractivity contribution in [3.05, 3.63) is 60.0 Å². The number of hydrogen-bond donors (Lipinski definition) is 2. The van der Waals surface area contributed by atoms with Crippen molar-refractivity contribution < 1.29 is 18.7 Å². The van der Waals surface area contributed by atoms with E-state index in [2.05, 4.69) is 15.6 Å². The van der Waals surface area contributed by atoms with Crippen LogP contribution in [0.1, 0.15) is 10.4 Å². The van der Waals surface area contributed by atoms with Gasteiger partial charge in [0, 0.05) is 6.07 Å². The molecule has 1 aliphatic rings. The van der Waals surface area contributed by atoms with Gasteiger partial charge in [-0.1, -0.05) is 24.3 Å². The molecule has 0 unspecified atom stereocenters. The third-order valence-electron chi connectivity index (χ3n) is 3.80. The number of nitrogens with zero attached hydrogens (tertiary/aromatic N) is 1. The van der Waals surface area contributed by atoms with Gasteiger partial charge in [-0.25, -0.2) is 9.37 Å². The van der Waals surface area contributed by atoms with Gasteiger partial charge in [0.05, 0.1) is 17.4 Å². The topological polar surface area (TPSA) is 80.3 Å². The number of carbonyl (C=O) groups is 2. The zero-order valence-electron chi connectivity index (χ0n) is 12.9. The van der Waals surface area contributed by atoms with Crippen molar-refractivity contribution in [3.8, 4) is 5.75 Å². The van der Waals surface area contributed by atoms with E-state index in [9.17, 15) is 14.0 Å². The molecule has 0 radical (unpaired) electrons. The number of benzene rings is 2. The van der Waals surface area contributed by atoms with Crippen molar-refractivity contribution in [1.29, 1.82) is 0 Å². The molecule has 0 saturated heterocycles. The fourth-order valence-electron chi connectivity index (χ4n) is 2.69. The molecule has 2 N–H and O–H groups in total. The molecule has 7 heteroatoms. The van der Waals surface area contributed by atoms with Crippen LogP contribution in [0.3, 0.4) is 0 Å². The fraction of sp³-hybridized carbons (Fsp3) is 0.0556. The molecule has 2 aromatic carbocycles. The number of amides is 2. The standard InChI is InChI=1S/C18H12FN3O3/c19-11-5-10-3-1-2-4-13(10)14(6-11)18(24)21-12-7-15-17(20-8-12)22-16(23)9-25-15/h1-8H,9H2,(H,21,24)(H,20,22,23). The van der Waals surface area contributed by atoms with Gasteiger partial charge in [-0.3, -0.25) is 9.59 Å². The molecule has 0 saturated carbocycles. The van der Waals surface area contributed by atoms with Crippen LogP contribution in [0.2, 0.25) is 0 Å². The van der Waals surface area contributed by atoms with Crippen LogP contribution in [0.5, 0.6) is 5.75 Å². The maximum atomic E-state index is 13.8. The first-order valence-corrected chi connectivity index (χ1v) is 7.52. The van der Waals surface area contributed by atoms with E-state index < -0.39 is 11.7 Å². The number of ether oxygens (including phenoxy) is 1. The van der Waals surface area contributed by atoms with Crippen molar-refractivity contribution in [3.63, 3.8) is 0 Å². The normalized spacial score (nSPS) is 12.9. The quantitative estimate of drug-likeness (QED) is 0.753. The van der Waals surface area contributed by atoms with Gasteiger partial charge in [-0.05, 0) is 22.9 Å². The molecule has 6 nitrogen and oxygen atoms in total. The van der Waals surface area contributed by atoms with E-state index in [1.807, 2.05) is 0 Å². The highest BCUT2D eigenvalue weighted by Gasteiger charge is 2.19. The van der Waals surface area contributed by atoms with E-state index in [1.54, 1.807) is 30.3 Å². The molecule has 1 aromatic heterocycles. The first kappa shape index (κ1) is 15.1. The molecule has 4 rings (SSSR count). The summed E-state index contributed by atoms with van der Waals surface area (Å²) in [6, 6.07) is 11.2. The lowest BCUT2D eigenvalue weighted by Crippen LogP contribution is -2.26. The second kappa shape index (κ2) is 5.86. The molecule has 2 heterocycles. The number of rotatable bonds is 2. The van der Waals surface area contributed by atoms with Crippen molar-refractivity contribution in [1.82, 2.24) is 4.98 Å². The Bertz CT molecular complexity index is 1020. The highest BCUT2D eigenvalue weighted by molar-refractivity contribution is 6.13. The smallest absolute Gasteiger partial charge is 0.263 e. The Morgan fingerprint density at radius 2 is 2.08 bits per heavy atom. The monoisotopic (exact) mass is 337 g/mol. The Kier molecular flexibility index (Phi) is 3.53. The van der Waals surface area contributed by atoms with Gasteiger partial charge in [0.2, 0.25) is 0 Å². The first-order chi connectivity index (χ1) is 12.1. The summed E-state index contributed by atoms with van der Waals surface area (Å²) in [5.74, 6) is -0.578. The molecule has 2 amide bonds. The summed E-state index contributed by atoms with van der Waals surface area (Å²) in [4.78, 5) is 27.9. The Labute approximate surface area is 141 Å². The van der Waals surface area contributed by atoms with Crippen LogP contribution in [0.4, 0.5) is 15.9 Å². The lowest BCUT2D eigenvalue weighted by atomic mass is 10.0. The maximum Gasteiger partial charge on any atom is 0.263 e. The van der Waals surface area contributed by atoms with E-state index in [-0.39, 0.29) is 18.1 Å². The van der Waals surface area contributed by atoms with E-state index in [0.29, 0.717) is 28.0 Å². The second-order valence-corrected chi connectivity index (χ2v) is 5.54. The zero-order chi connectivity index (χ0) is 17.4. The lowest BCUT2D eigenvalue weighted by molar-refractivity contribution is -0.118. The summed E-state index contributed by atoms with van der Waals surface area (Å²) in [6.45, 7) is -0.111. The molecule has 3 aromatic rings. The number of fused-ring (bicyclic) bond motifs is 2. The largest absolute Gasteiger partial charge is 0.480 e. The van der Waals surface area contributed by atoms with Crippen molar-refractivity contribution in [2.24, 2.45) is 0 Å². The third-order valence-corrected chi connectivity index (χ3v) is 3.80. The highest BCUT2D eigenvalue weighted by atomic mass is 19.1. The van der Waals surface area contributed by atoms with Crippen molar-refractivity contribution in [2.45, 2.75) is 0 Å². The average Bonchev–Trinajstić information content (AvgIpc) is 2.61. The summed E-state index contributed by atoms with van der Waals surface area (Å²) in [6.07, 6.45) is 1.40. The minimum Gasteiger partial charge on any atom is -0.480 e. The van der Waals surface area contributed by atoms with Crippen LogP contribution >= 0.6 is 0 Å². The number of pyridine rings is 1. The van der Waals surface area contributed by atoms with Gasteiger partial charge in [0.15, 0.2) is 18.2 Å². The SMILES string of the molecule is O=C1COc2cc(NC(=O)c3cc(F)cc4ccccc34)cnc2N1. The first-order valence-electron chi connectivity index (χ1n) is 7.52. The van der Waals surface area contributed by atoms with Crippen LogP contribution in [0.15, 0.2) is 48.7 Å². The predicted octanol–water partition coefficient (Wildman–Crippen LogP) is 2.96. The average molecular weight is 337 g/mol. The summed E-state index contributed by atoms with van der Waals surface area (Å²) >= 11 is 0. The van der Waals surface area contributed by atoms with Crippen LogP contribution < -0.4 is 15.4 Å². The summed E-state index contributed by atoms with van der Waals surface area (Å²) in [5.41, 5.74) is 0.607. The van der Waals surface area contributed by atoms with Gasteiger partial charge in [-0.2, -0.15) is 0 Å². The van der Waals surface area contributed by atoms with E-state index in [0.717, 1.165) is 0 Å². The number of nitrogens with one attached hydrogen (secondary N) is 2. The molecule has 0 atom stereocenters. The summed E-state index contributed by atoms with van der Waals surface area (Å²) in [5, 5.41) is 6.53. The van der Waals surface area contributed by atoms with Gasteiger partial charge in [0.1, 0.15) is 5.82 Å². The van der Waals surface area contributed by atoms with Gasteiger partial charge in [-0.15, -0.1) is 0 Å². The van der Waals surface area contributed by atoms with Gasteiger partial charge >= 0.3 is 0 Å². The van der Waals surface area contributed by atoms with Crippen LogP contribution in [0, 0.1) is 5.82 Å². The molecule has 0 fully saturated rings. The Morgan fingerprint density at radius 3 is 2.96 bits per heavy atom. The minimum atomic E-state index is -0.488. The van der Waals surface area contributed by atoms with Crippen LogP contribution in [-0.4, -0.2) is 23.4 Å². The number of carbonyl (C=O) groups excluding carboxylic acids is 2. The summed E-state index contributed by atoms with van der Waals surface area (Å²) < 4.78 is 19.1. The number of anilines is 2. The van der Waals surface area contributed by atoms with E-state index in [1.165, 1.54) is 18.3 Å². The van der Waals surface area contributed by atoms with E-state index in [4.69, 9.17) is 4.74 Å². The molecule has 25 heavy (non-hydrogen) atoms. The molecule has 124 valence electrons. The van der Waals surface area contributed by atoms with Gasteiger partial charge in [0.25, 0.3) is 11.8 Å².